The highest BCUT2D eigenvalue weighted by Gasteiger charge is 2.12. The second-order valence-electron chi connectivity index (χ2n) is 4.73. The van der Waals surface area contributed by atoms with Crippen LogP contribution in [0.4, 0.5) is 0 Å². The number of thioether (sulfide) groups is 1. The average Bonchev–Trinajstić information content (AvgIpc) is 3.03. The number of aromatic nitrogens is 3. The Hall–Kier alpha value is -1.69. The highest BCUT2D eigenvalue weighted by atomic mass is 35.5. The Kier molecular flexibility index (Phi) is 5.10. The number of benzene rings is 2. The molecule has 3 aromatic rings. The van der Waals surface area contributed by atoms with E-state index in [0.717, 1.165) is 21.9 Å². The maximum absolute atomic E-state index is 6.05. The number of hydrogen-bond acceptors (Lipinski definition) is 4. The van der Waals surface area contributed by atoms with E-state index >= 15 is 0 Å². The third kappa shape index (κ3) is 3.99. The SMILES string of the molecule is COc1ccc(Cl)cc1-c1nc(SCc2ccc(Cl)cc2)n[nH]1. The lowest BCUT2D eigenvalue weighted by atomic mass is 10.2. The molecule has 0 spiro atoms. The normalized spacial score (nSPS) is 10.7. The predicted molar refractivity (Wildman–Crippen MR) is 94.4 cm³/mol. The Morgan fingerprint density at radius 3 is 2.57 bits per heavy atom. The number of methoxy groups -OCH3 is 1. The van der Waals surface area contributed by atoms with E-state index in [0.29, 0.717) is 21.8 Å². The maximum Gasteiger partial charge on any atom is 0.209 e. The molecule has 2 aromatic carbocycles. The minimum Gasteiger partial charge on any atom is -0.496 e. The van der Waals surface area contributed by atoms with Gasteiger partial charge in [-0.25, -0.2) is 4.98 Å². The van der Waals surface area contributed by atoms with Crippen LogP contribution in [0.5, 0.6) is 5.75 Å². The van der Waals surface area contributed by atoms with Gasteiger partial charge in [-0.1, -0.05) is 47.1 Å². The fourth-order valence-electron chi connectivity index (χ4n) is 2.03. The largest absolute Gasteiger partial charge is 0.496 e. The van der Waals surface area contributed by atoms with Gasteiger partial charge in [0.05, 0.1) is 12.7 Å². The van der Waals surface area contributed by atoms with E-state index < -0.39 is 0 Å². The van der Waals surface area contributed by atoms with Crippen molar-refractivity contribution in [3.8, 4) is 17.1 Å². The monoisotopic (exact) mass is 365 g/mol. The molecular weight excluding hydrogens is 353 g/mol. The highest BCUT2D eigenvalue weighted by molar-refractivity contribution is 7.98. The summed E-state index contributed by atoms with van der Waals surface area (Å²) in [5.41, 5.74) is 1.94. The van der Waals surface area contributed by atoms with Crippen molar-refractivity contribution < 1.29 is 4.74 Å². The van der Waals surface area contributed by atoms with Gasteiger partial charge in [0.15, 0.2) is 5.82 Å². The van der Waals surface area contributed by atoms with Gasteiger partial charge in [0, 0.05) is 15.8 Å². The van der Waals surface area contributed by atoms with E-state index in [1.54, 1.807) is 37.1 Å². The molecular formula is C16H13Cl2N3OS. The number of H-pyrrole nitrogens is 1. The van der Waals surface area contributed by atoms with Crippen LogP contribution in [0, 0.1) is 0 Å². The van der Waals surface area contributed by atoms with Crippen molar-refractivity contribution in [2.75, 3.05) is 7.11 Å². The molecule has 0 fully saturated rings. The Morgan fingerprint density at radius 2 is 1.83 bits per heavy atom. The fourth-order valence-corrected chi connectivity index (χ4v) is 3.08. The molecule has 3 rings (SSSR count). The van der Waals surface area contributed by atoms with E-state index in [2.05, 4.69) is 15.2 Å². The van der Waals surface area contributed by atoms with Crippen LogP contribution in [0.2, 0.25) is 10.0 Å². The Bertz CT molecular complexity index is 805. The first-order valence-electron chi connectivity index (χ1n) is 6.79. The molecule has 0 aliphatic carbocycles. The van der Waals surface area contributed by atoms with Gasteiger partial charge in [-0.3, -0.25) is 5.10 Å². The summed E-state index contributed by atoms with van der Waals surface area (Å²) in [5.74, 6) is 2.09. The average molecular weight is 366 g/mol. The number of nitrogens with one attached hydrogen (secondary N) is 1. The van der Waals surface area contributed by atoms with Crippen molar-refractivity contribution in [1.82, 2.24) is 15.2 Å². The second-order valence-corrected chi connectivity index (χ2v) is 6.54. The van der Waals surface area contributed by atoms with Crippen molar-refractivity contribution in [3.05, 3.63) is 58.1 Å². The number of hydrogen-bond donors (Lipinski definition) is 1. The van der Waals surface area contributed by atoms with Crippen molar-refractivity contribution in [1.29, 1.82) is 0 Å². The minimum absolute atomic E-state index is 0.618. The van der Waals surface area contributed by atoms with Gasteiger partial charge in [-0.05, 0) is 35.9 Å². The first kappa shape index (κ1) is 16.2. The molecule has 0 atom stereocenters. The van der Waals surface area contributed by atoms with Gasteiger partial charge in [0.1, 0.15) is 5.75 Å². The zero-order valence-corrected chi connectivity index (χ0v) is 14.5. The summed E-state index contributed by atoms with van der Waals surface area (Å²) < 4.78 is 5.34. The van der Waals surface area contributed by atoms with Crippen molar-refractivity contribution in [2.24, 2.45) is 0 Å². The molecule has 1 N–H and O–H groups in total. The van der Waals surface area contributed by atoms with Crippen LogP contribution in [0.1, 0.15) is 5.56 Å². The molecule has 23 heavy (non-hydrogen) atoms. The molecule has 0 bridgehead atoms. The molecule has 0 aliphatic heterocycles. The van der Waals surface area contributed by atoms with Gasteiger partial charge < -0.3 is 4.74 Å². The standard InChI is InChI=1S/C16H13Cl2N3OS/c1-22-14-7-6-12(18)8-13(14)15-19-16(21-20-15)23-9-10-2-4-11(17)5-3-10/h2-8H,9H2,1H3,(H,19,20,21). The van der Waals surface area contributed by atoms with Gasteiger partial charge in [0.25, 0.3) is 0 Å². The number of halogens is 2. The van der Waals surface area contributed by atoms with Gasteiger partial charge in [-0.15, -0.1) is 5.10 Å². The third-order valence-corrected chi connectivity index (χ3v) is 4.57. The van der Waals surface area contributed by atoms with E-state index in [1.165, 1.54) is 0 Å². The Morgan fingerprint density at radius 1 is 1.09 bits per heavy atom. The van der Waals surface area contributed by atoms with Gasteiger partial charge in [-0.2, -0.15) is 0 Å². The van der Waals surface area contributed by atoms with Crippen LogP contribution in [-0.4, -0.2) is 22.3 Å². The number of aromatic amines is 1. The first-order chi connectivity index (χ1) is 11.2. The predicted octanol–water partition coefficient (Wildman–Crippen LogP) is 5.08. The fraction of sp³-hybridized carbons (Fsp3) is 0.125. The smallest absolute Gasteiger partial charge is 0.209 e. The maximum atomic E-state index is 6.05. The second kappa shape index (κ2) is 7.25. The van der Waals surface area contributed by atoms with Crippen LogP contribution in [-0.2, 0) is 5.75 Å². The number of ether oxygens (including phenoxy) is 1. The summed E-state index contributed by atoms with van der Waals surface area (Å²) in [7, 11) is 1.61. The summed E-state index contributed by atoms with van der Waals surface area (Å²) >= 11 is 13.5. The lowest BCUT2D eigenvalue weighted by Crippen LogP contribution is -1.89. The molecule has 0 saturated carbocycles. The van der Waals surface area contributed by atoms with Crippen LogP contribution in [0.15, 0.2) is 47.6 Å². The van der Waals surface area contributed by atoms with Gasteiger partial charge in [0.2, 0.25) is 5.16 Å². The van der Waals surface area contributed by atoms with Crippen molar-refractivity contribution in [2.45, 2.75) is 10.9 Å². The molecule has 7 heteroatoms. The summed E-state index contributed by atoms with van der Waals surface area (Å²) in [6.45, 7) is 0. The van der Waals surface area contributed by atoms with E-state index in [1.807, 2.05) is 24.3 Å². The highest BCUT2D eigenvalue weighted by Crippen LogP contribution is 2.31. The molecule has 0 aliphatic rings. The molecule has 0 radical (unpaired) electrons. The third-order valence-electron chi connectivity index (χ3n) is 3.16. The van der Waals surface area contributed by atoms with E-state index in [9.17, 15) is 0 Å². The van der Waals surface area contributed by atoms with Crippen LogP contribution in [0.25, 0.3) is 11.4 Å². The molecule has 0 unspecified atom stereocenters. The molecule has 4 nitrogen and oxygen atoms in total. The molecule has 0 amide bonds. The van der Waals surface area contributed by atoms with Gasteiger partial charge >= 0.3 is 0 Å². The summed E-state index contributed by atoms with van der Waals surface area (Å²) in [6, 6.07) is 13.1. The Balaban J connectivity index is 1.75. The topological polar surface area (TPSA) is 50.8 Å². The van der Waals surface area contributed by atoms with Crippen molar-refractivity contribution in [3.63, 3.8) is 0 Å². The molecule has 1 heterocycles. The zero-order chi connectivity index (χ0) is 16.2. The van der Waals surface area contributed by atoms with Crippen molar-refractivity contribution >= 4 is 35.0 Å². The summed E-state index contributed by atoms with van der Waals surface area (Å²) in [6.07, 6.45) is 0. The number of rotatable bonds is 5. The molecule has 0 saturated heterocycles. The van der Waals surface area contributed by atoms with Crippen LogP contribution in [0.3, 0.4) is 0 Å². The lowest BCUT2D eigenvalue weighted by Gasteiger charge is -2.05. The summed E-state index contributed by atoms with van der Waals surface area (Å²) in [5, 5.41) is 9.17. The van der Waals surface area contributed by atoms with Crippen LogP contribution < -0.4 is 4.74 Å². The summed E-state index contributed by atoms with van der Waals surface area (Å²) in [4.78, 5) is 4.49. The van der Waals surface area contributed by atoms with E-state index in [-0.39, 0.29) is 0 Å². The lowest BCUT2D eigenvalue weighted by molar-refractivity contribution is 0.416. The molecule has 118 valence electrons. The zero-order valence-electron chi connectivity index (χ0n) is 12.2. The van der Waals surface area contributed by atoms with E-state index in [4.69, 9.17) is 27.9 Å². The van der Waals surface area contributed by atoms with Crippen LogP contribution >= 0.6 is 35.0 Å². The Labute approximate surface area is 148 Å². The quantitative estimate of drug-likeness (QED) is 0.640. The first-order valence-corrected chi connectivity index (χ1v) is 8.53. The molecule has 1 aromatic heterocycles. The minimum atomic E-state index is 0.618. The number of nitrogens with zero attached hydrogens (tertiary/aromatic N) is 2.